The first kappa shape index (κ1) is 23.1. The molecule has 1 aliphatic heterocycles. The highest BCUT2D eigenvalue weighted by atomic mass is 19.1. The van der Waals surface area contributed by atoms with Gasteiger partial charge in [0.2, 0.25) is 0 Å². The lowest BCUT2D eigenvalue weighted by atomic mass is 10.00. The number of hydrogen-bond donors (Lipinski definition) is 2. The van der Waals surface area contributed by atoms with Crippen molar-refractivity contribution in [2.45, 2.75) is 19.0 Å². The van der Waals surface area contributed by atoms with Gasteiger partial charge in [-0.05, 0) is 24.6 Å². The maximum Gasteiger partial charge on any atom is 0.266 e. The second-order valence-corrected chi connectivity index (χ2v) is 8.37. The Balaban J connectivity index is 1.48. The van der Waals surface area contributed by atoms with Gasteiger partial charge < -0.3 is 15.2 Å². The molecule has 0 bridgehead atoms. The lowest BCUT2D eigenvalue weighted by Gasteiger charge is -2.22. The van der Waals surface area contributed by atoms with Gasteiger partial charge in [-0.15, -0.1) is 0 Å². The van der Waals surface area contributed by atoms with E-state index in [4.69, 9.17) is 4.74 Å². The van der Waals surface area contributed by atoms with Crippen LogP contribution in [0.5, 0.6) is 0 Å². The van der Waals surface area contributed by atoms with Crippen LogP contribution in [-0.4, -0.2) is 50.3 Å². The summed E-state index contributed by atoms with van der Waals surface area (Å²) in [6.45, 7) is 0.744. The molecule has 4 heterocycles. The Morgan fingerprint density at radius 2 is 1.97 bits per heavy atom. The van der Waals surface area contributed by atoms with Crippen molar-refractivity contribution in [3.63, 3.8) is 0 Å². The molecule has 1 saturated heterocycles. The Morgan fingerprint density at radius 3 is 2.69 bits per heavy atom. The number of aliphatic hydroxyl groups excluding tert-OH is 1. The lowest BCUT2D eigenvalue weighted by Crippen LogP contribution is -2.33. The topological polar surface area (TPSA) is 94.2 Å². The number of hydrogen-bond acceptors (Lipinski definition) is 6. The summed E-state index contributed by atoms with van der Waals surface area (Å²) in [7, 11) is 0. The maximum absolute atomic E-state index is 14.7. The van der Waals surface area contributed by atoms with Gasteiger partial charge in [0.15, 0.2) is 5.82 Å². The molecular weight excluding hydrogens is 463 g/mol. The first-order valence-electron chi connectivity index (χ1n) is 11.1. The van der Waals surface area contributed by atoms with Gasteiger partial charge >= 0.3 is 0 Å². The van der Waals surface area contributed by atoms with E-state index < -0.39 is 23.0 Å². The fraction of sp³-hybridized carbons (Fsp3) is 0.292. The summed E-state index contributed by atoms with van der Waals surface area (Å²) in [5.41, 5.74) is -0.421. The van der Waals surface area contributed by atoms with Crippen molar-refractivity contribution in [2.75, 3.05) is 25.1 Å². The summed E-state index contributed by atoms with van der Waals surface area (Å²) in [5, 5.41) is 17.1. The molecule has 4 aromatic rings. The third-order valence-electron chi connectivity index (χ3n) is 6.24. The SMILES string of the molecule is O=c1c2cnn(Cc3c(F)cccc3F)c2ccn1-c1cc(NC(CO)C2CCOC2)ncc1F. The number of aromatic nitrogens is 4. The smallest absolute Gasteiger partial charge is 0.266 e. The average molecular weight is 485 g/mol. The molecule has 2 atom stereocenters. The van der Waals surface area contributed by atoms with Gasteiger partial charge in [-0.25, -0.2) is 18.2 Å². The zero-order valence-electron chi connectivity index (χ0n) is 18.5. The minimum atomic E-state index is -0.720. The van der Waals surface area contributed by atoms with Crippen molar-refractivity contribution in [2.24, 2.45) is 5.92 Å². The van der Waals surface area contributed by atoms with E-state index in [0.717, 1.165) is 29.3 Å². The first-order valence-corrected chi connectivity index (χ1v) is 11.1. The van der Waals surface area contributed by atoms with Crippen molar-refractivity contribution in [3.05, 3.63) is 82.3 Å². The number of fused-ring (bicyclic) bond motifs is 1. The summed E-state index contributed by atoms with van der Waals surface area (Å²) in [6, 6.07) is 6.15. The van der Waals surface area contributed by atoms with Crippen molar-refractivity contribution >= 4 is 16.7 Å². The molecule has 11 heteroatoms. The van der Waals surface area contributed by atoms with Gasteiger partial charge in [0.05, 0.1) is 54.8 Å². The molecule has 1 fully saturated rings. The first-order chi connectivity index (χ1) is 17.0. The normalized spacial score (nSPS) is 16.6. The fourth-order valence-electron chi connectivity index (χ4n) is 4.29. The Hall–Kier alpha value is -3.70. The van der Waals surface area contributed by atoms with Crippen LogP contribution >= 0.6 is 0 Å². The predicted molar refractivity (Wildman–Crippen MR) is 122 cm³/mol. The lowest BCUT2D eigenvalue weighted by molar-refractivity contribution is 0.169. The minimum absolute atomic E-state index is 0.0401. The van der Waals surface area contributed by atoms with E-state index in [1.54, 1.807) is 0 Å². The van der Waals surface area contributed by atoms with Gasteiger partial charge in [0.25, 0.3) is 5.56 Å². The summed E-state index contributed by atoms with van der Waals surface area (Å²) in [6.07, 6.45) is 4.44. The molecule has 3 aromatic heterocycles. The summed E-state index contributed by atoms with van der Waals surface area (Å²) in [5.74, 6) is -1.77. The minimum Gasteiger partial charge on any atom is -0.394 e. The van der Waals surface area contributed by atoms with E-state index in [2.05, 4.69) is 15.4 Å². The molecule has 182 valence electrons. The number of ether oxygens (including phenoxy) is 1. The van der Waals surface area contributed by atoms with Crippen molar-refractivity contribution in [1.82, 2.24) is 19.3 Å². The van der Waals surface area contributed by atoms with Crippen LogP contribution in [-0.2, 0) is 11.3 Å². The van der Waals surface area contributed by atoms with Gasteiger partial charge in [-0.3, -0.25) is 14.0 Å². The van der Waals surface area contributed by atoms with E-state index in [1.165, 1.54) is 35.3 Å². The molecule has 35 heavy (non-hydrogen) atoms. The van der Waals surface area contributed by atoms with Crippen molar-refractivity contribution in [3.8, 4) is 5.69 Å². The van der Waals surface area contributed by atoms with Crippen LogP contribution in [0.1, 0.15) is 12.0 Å². The molecule has 2 unspecified atom stereocenters. The molecule has 2 N–H and O–H groups in total. The van der Waals surface area contributed by atoms with Gasteiger partial charge in [0, 0.05) is 30.4 Å². The number of nitrogens with zero attached hydrogens (tertiary/aromatic N) is 4. The molecule has 0 aliphatic carbocycles. The Morgan fingerprint density at radius 1 is 1.17 bits per heavy atom. The Kier molecular flexibility index (Phi) is 6.27. The fourth-order valence-corrected chi connectivity index (χ4v) is 4.29. The zero-order valence-corrected chi connectivity index (χ0v) is 18.5. The zero-order chi connectivity index (χ0) is 24.5. The third-order valence-corrected chi connectivity index (χ3v) is 6.24. The molecule has 0 amide bonds. The number of benzene rings is 1. The van der Waals surface area contributed by atoms with Gasteiger partial charge in [-0.2, -0.15) is 5.10 Å². The summed E-state index contributed by atoms with van der Waals surface area (Å²) >= 11 is 0. The predicted octanol–water partition coefficient (Wildman–Crippen LogP) is 2.86. The van der Waals surface area contributed by atoms with Crippen LogP contribution in [0.3, 0.4) is 0 Å². The molecule has 0 saturated carbocycles. The number of rotatable bonds is 7. The van der Waals surface area contributed by atoms with Crippen molar-refractivity contribution in [1.29, 1.82) is 0 Å². The molecule has 1 aromatic carbocycles. The van der Waals surface area contributed by atoms with Crippen LogP contribution in [0.25, 0.3) is 16.6 Å². The number of halogens is 3. The number of pyridine rings is 2. The van der Waals surface area contributed by atoms with Crippen LogP contribution in [0.15, 0.2) is 53.7 Å². The van der Waals surface area contributed by atoms with Crippen LogP contribution in [0.4, 0.5) is 19.0 Å². The van der Waals surface area contributed by atoms with E-state index in [1.807, 2.05) is 0 Å². The van der Waals surface area contributed by atoms with Crippen LogP contribution in [0, 0.1) is 23.4 Å². The highest BCUT2D eigenvalue weighted by molar-refractivity contribution is 5.78. The Bertz CT molecular complexity index is 1410. The quantitative estimate of drug-likeness (QED) is 0.418. The second kappa shape index (κ2) is 9.51. The van der Waals surface area contributed by atoms with Gasteiger partial charge in [-0.1, -0.05) is 6.07 Å². The second-order valence-electron chi connectivity index (χ2n) is 8.37. The van der Waals surface area contributed by atoms with E-state index >= 15 is 0 Å². The van der Waals surface area contributed by atoms with Gasteiger partial charge in [0.1, 0.15) is 17.5 Å². The largest absolute Gasteiger partial charge is 0.394 e. The monoisotopic (exact) mass is 485 g/mol. The number of nitrogens with one attached hydrogen (secondary N) is 1. The molecule has 8 nitrogen and oxygen atoms in total. The molecule has 0 spiro atoms. The third kappa shape index (κ3) is 4.40. The molecular formula is C24H22F3N5O3. The van der Waals surface area contributed by atoms with E-state index in [9.17, 15) is 23.1 Å². The molecule has 0 radical (unpaired) electrons. The maximum atomic E-state index is 14.7. The Labute approximate surface area is 197 Å². The highest BCUT2D eigenvalue weighted by Crippen LogP contribution is 2.23. The molecule has 1 aliphatic rings. The van der Waals surface area contributed by atoms with E-state index in [-0.39, 0.29) is 41.7 Å². The highest BCUT2D eigenvalue weighted by Gasteiger charge is 2.26. The molecule has 5 rings (SSSR count). The van der Waals surface area contributed by atoms with Crippen LogP contribution in [0.2, 0.25) is 0 Å². The van der Waals surface area contributed by atoms with Crippen LogP contribution < -0.4 is 10.9 Å². The average Bonchev–Trinajstić information content (AvgIpc) is 3.52. The summed E-state index contributed by atoms with van der Waals surface area (Å²) in [4.78, 5) is 17.2. The summed E-state index contributed by atoms with van der Waals surface area (Å²) < 4.78 is 50.7. The number of aliphatic hydroxyl groups is 1. The van der Waals surface area contributed by atoms with E-state index in [0.29, 0.717) is 24.5 Å². The number of anilines is 1. The standard InChI is InChI=1S/C24H22F3N5O3/c25-17-2-1-3-18(26)16(17)11-32-21-4-6-31(24(34)15(21)9-29-32)22-8-23(28-10-19(22)27)30-20(12-33)14-5-7-35-13-14/h1-4,6,8-10,14,20,33H,5,7,11-13H2,(H,28,30). The van der Waals surface area contributed by atoms with Crippen molar-refractivity contribution < 1.29 is 23.0 Å².